The van der Waals surface area contributed by atoms with Gasteiger partial charge >= 0.3 is 0 Å². The standard InChI is InChI=1S/C12H14Br2N4O/c1-3-8(6(2)15)12-17-11(18-19-12)10-9(14)4-7(13)5-16-10/h4-6,8H,3,15H2,1-2H3. The minimum atomic E-state index is -0.0281. The second kappa shape index (κ2) is 6.11. The maximum absolute atomic E-state index is 5.92. The van der Waals surface area contributed by atoms with E-state index in [4.69, 9.17) is 10.3 Å². The Balaban J connectivity index is 2.35. The van der Waals surface area contributed by atoms with Gasteiger partial charge in [-0.3, -0.25) is 4.98 Å². The van der Waals surface area contributed by atoms with E-state index >= 15 is 0 Å². The lowest BCUT2D eigenvalue weighted by molar-refractivity contribution is 0.334. The first-order valence-electron chi connectivity index (χ1n) is 5.93. The van der Waals surface area contributed by atoms with Crippen LogP contribution in [-0.2, 0) is 0 Å². The van der Waals surface area contributed by atoms with Crippen LogP contribution in [0.4, 0.5) is 0 Å². The molecule has 2 N–H and O–H groups in total. The average molecular weight is 390 g/mol. The van der Waals surface area contributed by atoms with Gasteiger partial charge in [0.25, 0.3) is 0 Å². The zero-order valence-electron chi connectivity index (χ0n) is 10.6. The minimum absolute atomic E-state index is 0.0281. The molecule has 2 aromatic rings. The van der Waals surface area contributed by atoms with Gasteiger partial charge < -0.3 is 10.3 Å². The van der Waals surface area contributed by atoms with Crippen molar-refractivity contribution in [2.45, 2.75) is 32.2 Å². The number of hydrogen-bond donors (Lipinski definition) is 1. The summed E-state index contributed by atoms with van der Waals surface area (Å²) in [5.41, 5.74) is 6.57. The number of halogens is 2. The highest BCUT2D eigenvalue weighted by Gasteiger charge is 2.22. The summed E-state index contributed by atoms with van der Waals surface area (Å²) in [4.78, 5) is 8.68. The number of nitrogens with zero attached hydrogens (tertiary/aromatic N) is 3. The number of aromatic nitrogens is 3. The Kier molecular flexibility index (Phi) is 4.70. The predicted molar refractivity (Wildman–Crippen MR) is 79.6 cm³/mol. The van der Waals surface area contributed by atoms with E-state index in [0.29, 0.717) is 17.4 Å². The average Bonchev–Trinajstić information content (AvgIpc) is 2.78. The van der Waals surface area contributed by atoms with E-state index in [1.54, 1.807) is 6.20 Å². The van der Waals surface area contributed by atoms with Crippen molar-refractivity contribution in [3.8, 4) is 11.5 Å². The Hall–Kier alpha value is -0.790. The second-order valence-electron chi connectivity index (χ2n) is 4.31. The van der Waals surface area contributed by atoms with E-state index in [9.17, 15) is 0 Å². The van der Waals surface area contributed by atoms with Crippen molar-refractivity contribution in [3.05, 3.63) is 27.1 Å². The Labute approximate surface area is 128 Å². The zero-order chi connectivity index (χ0) is 14.0. The quantitative estimate of drug-likeness (QED) is 0.865. The summed E-state index contributed by atoms with van der Waals surface area (Å²) in [6.07, 6.45) is 2.55. The van der Waals surface area contributed by atoms with E-state index in [2.05, 4.69) is 47.0 Å². The molecule has 2 unspecified atom stereocenters. The number of pyridine rings is 1. The molecule has 102 valence electrons. The largest absolute Gasteiger partial charge is 0.339 e. The molecule has 7 heteroatoms. The van der Waals surface area contributed by atoms with Gasteiger partial charge in [0.05, 0.1) is 5.92 Å². The van der Waals surface area contributed by atoms with E-state index < -0.39 is 0 Å². The molecule has 0 spiro atoms. The third-order valence-electron chi connectivity index (χ3n) is 2.85. The summed E-state index contributed by atoms with van der Waals surface area (Å²) < 4.78 is 7.00. The monoisotopic (exact) mass is 388 g/mol. The van der Waals surface area contributed by atoms with Crippen LogP contribution in [0.3, 0.4) is 0 Å². The van der Waals surface area contributed by atoms with E-state index in [1.165, 1.54) is 0 Å². The fourth-order valence-corrected chi connectivity index (χ4v) is 3.00. The van der Waals surface area contributed by atoms with E-state index in [-0.39, 0.29) is 12.0 Å². The van der Waals surface area contributed by atoms with Crippen molar-refractivity contribution < 1.29 is 4.52 Å². The Bertz CT molecular complexity index is 571. The molecule has 0 bridgehead atoms. The van der Waals surface area contributed by atoms with Crippen LogP contribution in [0.1, 0.15) is 32.1 Å². The molecule has 2 heterocycles. The minimum Gasteiger partial charge on any atom is -0.339 e. The Morgan fingerprint density at radius 3 is 2.74 bits per heavy atom. The van der Waals surface area contributed by atoms with Gasteiger partial charge in [0.2, 0.25) is 11.7 Å². The molecule has 0 aliphatic carbocycles. The van der Waals surface area contributed by atoms with Crippen LogP contribution in [0, 0.1) is 0 Å². The third kappa shape index (κ3) is 3.21. The van der Waals surface area contributed by atoms with Crippen molar-refractivity contribution in [2.24, 2.45) is 5.73 Å². The first kappa shape index (κ1) is 14.6. The zero-order valence-corrected chi connectivity index (χ0v) is 13.8. The van der Waals surface area contributed by atoms with Crippen molar-refractivity contribution in [3.63, 3.8) is 0 Å². The van der Waals surface area contributed by atoms with Gasteiger partial charge in [-0.25, -0.2) is 0 Å². The summed E-state index contributed by atoms with van der Waals surface area (Å²) in [5.74, 6) is 1.09. The molecule has 2 rings (SSSR count). The Morgan fingerprint density at radius 1 is 1.42 bits per heavy atom. The van der Waals surface area contributed by atoms with Gasteiger partial charge in [0, 0.05) is 21.2 Å². The van der Waals surface area contributed by atoms with Gasteiger partial charge in [-0.2, -0.15) is 4.98 Å². The van der Waals surface area contributed by atoms with Crippen LogP contribution in [0.2, 0.25) is 0 Å². The maximum atomic E-state index is 5.92. The van der Waals surface area contributed by atoms with Crippen molar-refractivity contribution in [2.75, 3.05) is 0 Å². The summed E-state index contributed by atoms with van der Waals surface area (Å²) >= 11 is 6.79. The summed E-state index contributed by atoms with van der Waals surface area (Å²) in [6, 6.07) is 1.86. The number of hydrogen-bond acceptors (Lipinski definition) is 5. The normalized spacial score (nSPS) is 14.4. The molecule has 5 nitrogen and oxygen atoms in total. The fourth-order valence-electron chi connectivity index (χ4n) is 1.83. The molecule has 2 atom stereocenters. The lowest BCUT2D eigenvalue weighted by Gasteiger charge is -2.13. The van der Waals surface area contributed by atoms with Crippen LogP contribution in [0.5, 0.6) is 0 Å². The van der Waals surface area contributed by atoms with E-state index in [0.717, 1.165) is 15.4 Å². The Morgan fingerprint density at radius 2 is 2.16 bits per heavy atom. The molecule has 0 fully saturated rings. The van der Waals surface area contributed by atoms with Gasteiger partial charge in [-0.15, -0.1) is 0 Å². The highest BCUT2D eigenvalue weighted by Crippen LogP contribution is 2.28. The van der Waals surface area contributed by atoms with Crippen LogP contribution in [0.25, 0.3) is 11.5 Å². The van der Waals surface area contributed by atoms with E-state index in [1.807, 2.05) is 19.9 Å². The maximum Gasteiger partial charge on any atom is 0.231 e. The molecular weight excluding hydrogens is 376 g/mol. The molecule has 0 amide bonds. The lowest BCUT2D eigenvalue weighted by atomic mass is 9.99. The number of rotatable bonds is 4. The fraction of sp³-hybridized carbons (Fsp3) is 0.417. The summed E-state index contributed by atoms with van der Waals surface area (Å²) in [7, 11) is 0. The second-order valence-corrected chi connectivity index (χ2v) is 6.08. The molecule has 0 aromatic carbocycles. The van der Waals surface area contributed by atoms with Crippen molar-refractivity contribution in [1.29, 1.82) is 0 Å². The molecule has 0 saturated heterocycles. The smallest absolute Gasteiger partial charge is 0.231 e. The summed E-state index contributed by atoms with van der Waals surface area (Å²) in [5, 5.41) is 3.98. The van der Waals surface area contributed by atoms with Gasteiger partial charge in [-0.1, -0.05) is 12.1 Å². The lowest BCUT2D eigenvalue weighted by Crippen LogP contribution is -2.24. The molecule has 0 saturated carbocycles. The third-order valence-corrected chi connectivity index (χ3v) is 3.89. The van der Waals surface area contributed by atoms with Crippen LogP contribution in [-0.4, -0.2) is 21.2 Å². The predicted octanol–water partition coefficient (Wildman–Crippen LogP) is 3.50. The first-order chi connectivity index (χ1) is 9.02. The number of nitrogens with two attached hydrogens (primary N) is 1. The SMILES string of the molecule is CCC(c1nc(-c2ncc(Br)cc2Br)no1)C(C)N. The molecule has 0 radical (unpaired) electrons. The molecular formula is C12H14Br2N4O. The topological polar surface area (TPSA) is 77.8 Å². The molecule has 0 aliphatic rings. The van der Waals surface area contributed by atoms with Crippen LogP contribution < -0.4 is 5.73 Å². The van der Waals surface area contributed by atoms with Crippen molar-refractivity contribution >= 4 is 31.9 Å². The van der Waals surface area contributed by atoms with Gasteiger partial charge in [-0.05, 0) is 51.3 Å². The molecule has 0 aliphatic heterocycles. The first-order valence-corrected chi connectivity index (χ1v) is 7.52. The highest BCUT2D eigenvalue weighted by molar-refractivity contribution is 9.11. The van der Waals surface area contributed by atoms with Crippen LogP contribution in [0.15, 0.2) is 25.7 Å². The van der Waals surface area contributed by atoms with Gasteiger partial charge in [0.15, 0.2) is 0 Å². The van der Waals surface area contributed by atoms with Gasteiger partial charge in [0.1, 0.15) is 5.69 Å². The highest BCUT2D eigenvalue weighted by atomic mass is 79.9. The van der Waals surface area contributed by atoms with Crippen LogP contribution >= 0.6 is 31.9 Å². The van der Waals surface area contributed by atoms with Crippen molar-refractivity contribution in [1.82, 2.24) is 15.1 Å². The summed E-state index contributed by atoms with van der Waals surface area (Å²) in [6.45, 7) is 3.98. The molecule has 2 aromatic heterocycles. The molecule has 19 heavy (non-hydrogen) atoms.